The Balaban J connectivity index is 2.49. The molecule has 0 spiro atoms. The highest BCUT2D eigenvalue weighted by atomic mass is 35.5. The van der Waals surface area contributed by atoms with Gasteiger partial charge in [0.05, 0.1) is 4.90 Å². The lowest BCUT2D eigenvalue weighted by Crippen LogP contribution is -2.03. The lowest BCUT2D eigenvalue weighted by molar-refractivity contribution is 0.603. The third kappa shape index (κ3) is 3.08. The van der Waals surface area contributed by atoms with Gasteiger partial charge in [-0.1, -0.05) is 41.9 Å². The Kier molecular flexibility index (Phi) is 4.23. The minimum Gasteiger partial charge on any atom is -0.218 e. The maximum atomic E-state index is 12.3. The molecule has 0 fully saturated rings. The van der Waals surface area contributed by atoms with Gasteiger partial charge in [0, 0.05) is 5.02 Å². The van der Waals surface area contributed by atoms with Gasteiger partial charge in [-0.05, 0) is 35.9 Å². The van der Waals surface area contributed by atoms with Gasteiger partial charge in [0.1, 0.15) is 11.0 Å². The number of nitriles is 1. The van der Waals surface area contributed by atoms with E-state index in [-0.39, 0.29) is 9.80 Å². The lowest BCUT2D eigenvalue weighted by atomic mass is 10.2. The van der Waals surface area contributed by atoms with Crippen LogP contribution in [0.5, 0.6) is 0 Å². The first kappa shape index (κ1) is 14.3. The van der Waals surface area contributed by atoms with E-state index in [2.05, 4.69) is 0 Å². The highest BCUT2D eigenvalue weighted by Gasteiger charge is 2.20. The first-order valence-corrected chi connectivity index (χ1v) is 7.57. The first-order chi connectivity index (χ1) is 9.54. The standard InChI is InChI=1S/C15H10ClNO2S/c16-13-6-8-14(9-7-13)20(18,19)15(11-17)10-12-4-2-1-3-5-12/h1-10H/b15-10-. The molecule has 5 heteroatoms. The zero-order chi connectivity index (χ0) is 14.6. The molecule has 0 aliphatic rings. The molecule has 20 heavy (non-hydrogen) atoms. The first-order valence-electron chi connectivity index (χ1n) is 5.71. The van der Waals surface area contributed by atoms with Crippen molar-refractivity contribution in [3.8, 4) is 6.07 Å². The summed E-state index contributed by atoms with van der Waals surface area (Å²) in [5.74, 6) is 0. The quantitative estimate of drug-likeness (QED) is 0.813. The smallest absolute Gasteiger partial charge is 0.216 e. The van der Waals surface area contributed by atoms with E-state index < -0.39 is 9.84 Å². The lowest BCUT2D eigenvalue weighted by Gasteiger charge is -2.03. The molecular weight excluding hydrogens is 294 g/mol. The molecule has 2 aromatic carbocycles. The monoisotopic (exact) mass is 303 g/mol. The van der Waals surface area contributed by atoms with Crippen molar-refractivity contribution in [1.82, 2.24) is 0 Å². The minimum absolute atomic E-state index is 0.0469. The molecule has 0 bridgehead atoms. The van der Waals surface area contributed by atoms with Crippen LogP contribution in [0.1, 0.15) is 5.56 Å². The van der Waals surface area contributed by atoms with Crippen LogP contribution in [0.3, 0.4) is 0 Å². The van der Waals surface area contributed by atoms with Crippen LogP contribution in [0, 0.1) is 11.3 Å². The molecule has 0 aliphatic carbocycles. The second kappa shape index (κ2) is 5.91. The summed E-state index contributed by atoms with van der Waals surface area (Å²) in [7, 11) is -3.82. The molecule has 0 radical (unpaired) electrons. The molecule has 2 aromatic rings. The number of nitrogens with zero attached hydrogens (tertiary/aromatic N) is 1. The number of hydrogen-bond donors (Lipinski definition) is 0. The van der Waals surface area contributed by atoms with Gasteiger partial charge in [-0.15, -0.1) is 0 Å². The molecular formula is C15H10ClNO2S. The molecule has 0 saturated carbocycles. The van der Waals surface area contributed by atoms with Crippen LogP contribution in [-0.2, 0) is 9.84 Å². The topological polar surface area (TPSA) is 57.9 Å². The maximum Gasteiger partial charge on any atom is 0.216 e. The normalized spacial score (nSPS) is 11.9. The van der Waals surface area contributed by atoms with Crippen molar-refractivity contribution < 1.29 is 8.42 Å². The Morgan fingerprint density at radius 1 is 1.05 bits per heavy atom. The predicted octanol–water partition coefficient (Wildman–Crippen LogP) is 3.68. The molecule has 2 rings (SSSR count). The van der Waals surface area contributed by atoms with E-state index in [0.717, 1.165) is 0 Å². The van der Waals surface area contributed by atoms with E-state index >= 15 is 0 Å². The van der Waals surface area contributed by atoms with Crippen molar-refractivity contribution in [1.29, 1.82) is 5.26 Å². The van der Waals surface area contributed by atoms with Gasteiger partial charge in [0.25, 0.3) is 0 Å². The van der Waals surface area contributed by atoms with Crippen LogP contribution in [0.25, 0.3) is 6.08 Å². The van der Waals surface area contributed by atoms with E-state index in [4.69, 9.17) is 16.9 Å². The van der Waals surface area contributed by atoms with Crippen LogP contribution < -0.4 is 0 Å². The Hall–Kier alpha value is -2.09. The summed E-state index contributed by atoms with van der Waals surface area (Å²) in [6.07, 6.45) is 1.35. The van der Waals surface area contributed by atoms with Crippen LogP contribution >= 0.6 is 11.6 Å². The SMILES string of the molecule is N#C/C(=C/c1ccccc1)S(=O)(=O)c1ccc(Cl)cc1. The molecule has 0 unspecified atom stereocenters. The van der Waals surface area contributed by atoms with Gasteiger partial charge in [-0.25, -0.2) is 8.42 Å². The van der Waals surface area contributed by atoms with Gasteiger partial charge in [-0.2, -0.15) is 5.26 Å². The Morgan fingerprint density at radius 2 is 1.65 bits per heavy atom. The van der Waals surface area contributed by atoms with Gasteiger partial charge in [0.2, 0.25) is 9.84 Å². The summed E-state index contributed by atoms with van der Waals surface area (Å²) in [4.78, 5) is -0.253. The Labute approximate surface area is 122 Å². The van der Waals surface area contributed by atoms with E-state index in [1.165, 1.54) is 30.3 Å². The molecule has 0 heterocycles. The largest absolute Gasteiger partial charge is 0.218 e. The van der Waals surface area contributed by atoms with Crippen molar-refractivity contribution in [3.05, 3.63) is 70.1 Å². The summed E-state index contributed by atoms with van der Waals surface area (Å²) in [5.41, 5.74) is 0.654. The van der Waals surface area contributed by atoms with Crippen molar-refractivity contribution >= 4 is 27.5 Å². The summed E-state index contributed by atoms with van der Waals surface area (Å²) < 4.78 is 24.7. The number of hydrogen-bond acceptors (Lipinski definition) is 3. The zero-order valence-corrected chi connectivity index (χ0v) is 11.9. The zero-order valence-electron chi connectivity index (χ0n) is 10.3. The average Bonchev–Trinajstić information content (AvgIpc) is 2.46. The van der Waals surface area contributed by atoms with E-state index in [9.17, 15) is 8.42 Å². The highest BCUT2D eigenvalue weighted by Crippen LogP contribution is 2.22. The molecule has 0 atom stereocenters. The fourth-order valence-electron chi connectivity index (χ4n) is 1.61. The van der Waals surface area contributed by atoms with Crippen LogP contribution in [-0.4, -0.2) is 8.42 Å². The number of rotatable bonds is 3. The third-order valence-electron chi connectivity index (χ3n) is 2.62. The Bertz CT molecular complexity index is 773. The van der Waals surface area contributed by atoms with Gasteiger partial charge in [-0.3, -0.25) is 0 Å². The fraction of sp³-hybridized carbons (Fsp3) is 0. The second-order valence-corrected chi connectivity index (χ2v) is 6.34. The van der Waals surface area contributed by atoms with E-state index in [0.29, 0.717) is 10.6 Å². The molecule has 100 valence electrons. The molecule has 3 nitrogen and oxygen atoms in total. The summed E-state index contributed by atoms with van der Waals surface area (Å²) >= 11 is 5.73. The van der Waals surface area contributed by atoms with Gasteiger partial charge < -0.3 is 0 Å². The highest BCUT2D eigenvalue weighted by molar-refractivity contribution is 7.95. The van der Waals surface area contributed by atoms with Crippen molar-refractivity contribution in [2.24, 2.45) is 0 Å². The summed E-state index contributed by atoms with van der Waals surface area (Å²) in [5, 5.41) is 9.55. The van der Waals surface area contributed by atoms with Crippen molar-refractivity contribution in [2.75, 3.05) is 0 Å². The maximum absolute atomic E-state index is 12.3. The number of halogens is 1. The minimum atomic E-state index is -3.82. The number of sulfone groups is 1. The third-order valence-corrected chi connectivity index (χ3v) is 4.55. The molecule has 0 N–H and O–H groups in total. The predicted molar refractivity (Wildman–Crippen MR) is 78.7 cm³/mol. The molecule has 0 aromatic heterocycles. The summed E-state index contributed by atoms with van der Waals surface area (Å²) in [6.45, 7) is 0. The van der Waals surface area contributed by atoms with Crippen LogP contribution in [0.2, 0.25) is 5.02 Å². The van der Waals surface area contributed by atoms with Gasteiger partial charge in [0.15, 0.2) is 0 Å². The summed E-state index contributed by atoms with van der Waals surface area (Å²) in [6, 6.07) is 16.3. The van der Waals surface area contributed by atoms with Crippen molar-refractivity contribution in [3.63, 3.8) is 0 Å². The van der Waals surface area contributed by atoms with Gasteiger partial charge >= 0.3 is 0 Å². The Morgan fingerprint density at radius 3 is 2.20 bits per heavy atom. The number of benzene rings is 2. The van der Waals surface area contributed by atoms with Crippen LogP contribution in [0.15, 0.2) is 64.4 Å². The van der Waals surface area contributed by atoms with E-state index in [1.54, 1.807) is 30.3 Å². The average molecular weight is 304 g/mol. The molecule has 0 saturated heterocycles. The van der Waals surface area contributed by atoms with Crippen LogP contribution in [0.4, 0.5) is 0 Å². The number of allylic oxidation sites excluding steroid dienone is 1. The second-order valence-electron chi connectivity index (χ2n) is 3.99. The fourth-order valence-corrected chi connectivity index (χ4v) is 2.90. The molecule has 0 amide bonds. The van der Waals surface area contributed by atoms with E-state index in [1.807, 2.05) is 6.07 Å². The molecule has 0 aliphatic heterocycles. The van der Waals surface area contributed by atoms with Crippen molar-refractivity contribution in [2.45, 2.75) is 4.90 Å².